The summed E-state index contributed by atoms with van der Waals surface area (Å²) in [6.07, 6.45) is -1.03. The lowest BCUT2D eigenvalue weighted by molar-refractivity contribution is -0.268. The summed E-state index contributed by atoms with van der Waals surface area (Å²) in [4.78, 5) is 0.228. The van der Waals surface area contributed by atoms with Crippen molar-refractivity contribution in [1.82, 2.24) is 24.9 Å². The quantitative estimate of drug-likeness (QED) is 0.179. The van der Waals surface area contributed by atoms with Crippen molar-refractivity contribution in [1.29, 1.82) is 0 Å². The van der Waals surface area contributed by atoms with E-state index in [9.17, 15) is 13.5 Å². The molecule has 238 valence electrons. The van der Waals surface area contributed by atoms with Crippen LogP contribution in [-0.4, -0.2) is 45.6 Å². The summed E-state index contributed by atoms with van der Waals surface area (Å²) >= 11 is 1.54. The molecule has 1 saturated heterocycles. The summed E-state index contributed by atoms with van der Waals surface area (Å²) in [7, 11) is -1.84. The number of nitrogens with one attached hydrogen (secondary N) is 1. The molecule has 5 aromatic rings. The number of aromatic nitrogens is 4. The number of hydrogen-bond acceptors (Lipinski definition) is 9. The summed E-state index contributed by atoms with van der Waals surface area (Å²) < 4.78 is 43.2. The van der Waals surface area contributed by atoms with Gasteiger partial charge >= 0.3 is 0 Å². The zero-order valence-electron chi connectivity index (χ0n) is 25.4. The molecule has 12 heteroatoms. The number of tetrazole rings is 1. The summed E-state index contributed by atoms with van der Waals surface area (Å²) in [5.74, 6) is 0.654. The zero-order chi connectivity index (χ0) is 32.1. The lowest BCUT2D eigenvalue weighted by atomic mass is 9.91. The molecule has 0 aliphatic carbocycles. The van der Waals surface area contributed by atoms with Crippen LogP contribution in [-0.2, 0) is 39.7 Å². The summed E-state index contributed by atoms with van der Waals surface area (Å²) in [5.41, 5.74) is 5.45. The molecule has 0 bridgehead atoms. The van der Waals surface area contributed by atoms with Crippen molar-refractivity contribution in [2.75, 3.05) is 5.75 Å². The van der Waals surface area contributed by atoms with Gasteiger partial charge in [-0.15, -0.1) is 5.10 Å². The Hall–Kier alpha value is -3.91. The number of hydrogen-bond donors (Lipinski definition) is 2. The highest BCUT2D eigenvalue weighted by atomic mass is 32.2. The number of sulfonamides is 1. The van der Waals surface area contributed by atoms with Gasteiger partial charge in [0.2, 0.25) is 15.2 Å². The Kier molecular flexibility index (Phi) is 9.92. The first-order valence-electron chi connectivity index (χ1n) is 14.9. The van der Waals surface area contributed by atoms with Gasteiger partial charge in [0.05, 0.1) is 23.7 Å². The lowest BCUT2D eigenvalue weighted by Gasteiger charge is -2.41. The van der Waals surface area contributed by atoms with Crippen molar-refractivity contribution in [2.24, 2.45) is 13.0 Å². The maximum Gasteiger partial charge on any atom is 0.240 e. The van der Waals surface area contributed by atoms with Crippen LogP contribution in [0.4, 0.5) is 0 Å². The zero-order valence-corrected chi connectivity index (χ0v) is 27.1. The van der Waals surface area contributed by atoms with E-state index in [2.05, 4.69) is 27.2 Å². The Morgan fingerprint density at radius 1 is 0.891 bits per heavy atom. The molecular weight excluding hydrogens is 623 g/mol. The van der Waals surface area contributed by atoms with Gasteiger partial charge in [0.15, 0.2) is 6.29 Å². The Morgan fingerprint density at radius 3 is 2.28 bits per heavy atom. The summed E-state index contributed by atoms with van der Waals surface area (Å²) in [6, 6.07) is 31.9. The van der Waals surface area contributed by atoms with Crippen LogP contribution in [0.2, 0.25) is 0 Å². The molecule has 0 spiro atoms. The highest BCUT2D eigenvalue weighted by Gasteiger charge is 2.38. The second-order valence-electron chi connectivity index (χ2n) is 11.1. The van der Waals surface area contributed by atoms with Gasteiger partial charge in [-0.25, -0.2) is 17.8 Å². The van der Waals surface area contributed by atoms with Crippen LogP contribution >= 0.6 is 11.8 Å². The maximum absolute atomic E-state index is 12.9. The predicted octanol–water partition coefficient (Wildman–Crippen LogP) is 5.43. The molecule has 6 rings (SSSR count). The van der Waals surface area contributed by atoms with Gasteiger partial charge in [-0.2, -0.15) is 0 Å². The topological polar surface area (TPSA) is 128 Å². The largest absolute Gasteiger partial charge is 0.392 e. The van der Waals surface area contributed by atoms with Crippen LogP contribution in [0.5, 0.6) is 0 Å². The van der Waals surface area contributed by atoms with Gasteiger partial charge in [-0.3, -0.25) is 0 Å². The molecule has 4 aromatic carbocycles. The number of benzene rings is 4. The molecule has 46 heavy (non-hydrogen) atoms. The third kappa shape index (κ3) is 7.22. The molecule has 0 saturated carbocycles. The van der Waals surface area contributed by atoms with Gasteiger partial charge in [0.1, 0.15) is 0 Å². The molecule has 1 aliphatic rings. The number of thioether (sulfide) groups is 1. The Balaban J connectivity index is 1.22. The highest BCUT2D eigenvalue weighted by Crippen LogP contribution is 2.43. The van der Waals surface area contributed by atoms with E-state index >= 15 is 0 Å². The molecule has 4 atom stereocenters. The molecule has 1 aromatic heterocycles. The molecule has 0 amide bonds. The highest BCUT2D eigenvalue weighted by molar-refractivity contribution is 7.99. The van der Waals surface area contributed by atoms with E-state index in [4.69, 9.17) is 9.47 Å². The minimum atomic E-state index is -3.65. The summed E-state index contributed by atoms with van der Waals surface area (Å²) in [5, 5.41) is 22.0. The van der Waals surface area contributed by atoms with Crippen molar-refractivity contribution in [3.8, 4) is 11.1 Å². The van der Waals surface area contributed by atoms with E-state index < -0.39 is 16.3 Å². The van der Waals surface area contributed by atoms with E-state index in [0.717, 1.165) is 33.4 Å². The smallest absolute Gasteiger partial charge is 0.240 e. The number of aliphatic hydroxyl groups excluding tert-OH is 1. The fourth-order valence-corrected chi connectivity index (χ4v) is 7.48. The van der Waals surface area contributed by atoms with Crippen LogP contribution in [0.3, 0.4) is 0 Å². The minimum absolute atomic E-state index is 0.0214. The van der Waals surface area contributed by atoms with Crippen LogP contribution in [0.1, 0.15) is 41.6 Å². The number of aliphatic hydroxyl groups is 1. The van der Waals surface area contributed by atoms with Crippen LogP contribution in [0, 0.1) is 5.92 Å². The lowest BCUT2D eigenvalue weighted by Crippen LogP contribution is -2.38. The van der Waals surface area contributed by atoms with E-state index in [0.29, 0.717) is 10.9 Å². The van der Waals surface area contributed by atoms with Gasteiger partial charge in [-0.1, -0.05) is 110 Å². The maximum atomic E-state index is 12.9. The predicted molar refractivity (Wildman–Crippen MR) is 175 cm³/mol. The number of nitrogens with zero attached hydrogens (tertiary/aromatic N) is 4. The molecular formula is C34H35N5O5S2. The van der Waals surface area contributed by atoms with Crippen LogP contribution in [0.25, 0.3) is 11.1 Å². The van der Waals surface area contributed by atoms with Crippen molar-refractivity contribution in [3.63, 3.8) is 0 Å². The van der Waals surface area contributed by atoms with E-state index in [1.165, 1.54) is 11.8 Å². The Morgan fingerprint density at radius 2 is 1.59 bits per heavy atom. The van der Waals surface area contributed by atoms with E-state index in [1.54, 1.807) is 35.0 Å². The first kappa shape index (κ1) is 32.0. The van der Waals surface area contributed by atoms with Gasteiger partial charge in [0.25, 0.3) is 0 Å². The first-order valence-corrected chi connectivity index (χ1v) is 17.4. The molecule has 10 nitrogen and oxygen atoms in total. The molecule has 1 aliphatic heterocycles. The average molecular weight is 658 g/mol. The van der Waals surface area contributed by atoms with Crippen LogP contribution < -0.4 is 4.72 Å². The minimum Gasteiger partial charge on any atom is -0.392 e. The van der Waals surface area contributed by atoms with Gasteiger partial charge in [0, 0.05) is 30.8 Å². The number of rotatable bonds is 11. The van der Waals surface area contributed by atoms with Gasteiger partial charge < -0.3 is 14.6 Å². The molecule has 1 fully saturated rings. The third-order valence-electron chi connectivity index (χ3n) is 8.10. The van der Waals surface area contributed by atoms with Gasteiger partial charge in [-0.05, 0) is 50.4 Å². The van der Waals surface area contributed by atoms with E-state index in [-0.39, 0.29) is 36.2 Å². The van der Waals surface area contributed by atoms with Crippen molar-refractivity contribution in [2.45, 2.75) is 48.6 Å². The molecule has 2 N–H and O–H groups in total. The molecule has 0 radical (unpaired) electrons. The number of aryl methyl sites for hydroxylation is 1. The summed E-state index contributed by atoms with van der Waals surface area (Å²) in [6.45, 7) is 2.25. The van der Waals surface area contributed by atoms with Crippen molar-refractivity contribution >= 4 is 21.8 Å². The van der Waals surface area contributed by atoms with Crippen molar-refractivity contribution in [3.05, 3.63) is 125 Å². The Bertz CT molecular complexity index is 1850. The Labute approximate surface area is 272 Å². The van der Waals surface area contributed by atoms with E-state index in [1.807, 2.05) is 79.8 Å². The third-order valence-corrected chi connectivity index (χ3v) is 10.6. The van der Waals surface area contributed by atoms with Crippen molar-refractivity contribution < 1.29 is 23.0 Å². The first-order chi connectivity index (χ1) is 22.3. The monoisotopic (exact) mass is 657 g/mol. The fraction of sp³-hybridized carbons (Fsp3) is 0.265. The normalized spacial score (nSPS) is 20.1. The molecule has 2 heterocycles. The second-order valence-corrected chi connectivity index (χ2v) is 13.9. The number of ether oxygens (including phenoxy) is 2. The SMILES string of the molecule is C[C@H]1[C@@H](CSc2nnnn2C)O[C@@H](c2ccc(-c3ccccc3CNS(=O)(=O)c3ccccc3)cc2)O[C@H]1c1ccc(CO)cc1. The second kappa shape index (κ2) is 14.2. The van der Waals surface area contributed by atoms with Crippen LogP contribution in [0.15, 0.2) is 113 Å². The standard InChI is InChI=1S/C34H35N5O5S2/c1-23-31(22-45-34-36-37-38-39(34)2)43-33(44-32(23)26-14-12-24(21-40)13-15-26)27-18-16-25(17-19-27)30-11-7-6-8-28(30)20-35-46(41,42)29-9-4-3-5-10-29/h3-19,23,31-33,35,40H,20-22H2,1-2H3/t23-,31+,32+,33+/m0/s1. The molecule has 0 unspecified atom stereocenters. The fourth-order valence-electron chi connectivity index (χ4n) is 5.44. The average Bonchev–Trinajstić information content (AvgIpc) is 3.52.